The summed E-state index contributed by atoms with van der Waals surface area (Å²) in [6.07, 6.45) is 8.42. The van der Waals surface area contributed by atoms with Gasteiger partial charge in [-0.15, -0.1) is 12.3 Å². The second kappa shape index (κ2) is 6.10. The summed E-state index contributed by atoms with van der Waals surface area (Å²) in [5.41, 5.74) is 0. The van der Waals surface area contributed by atoms with Gasteiger partial charge in [-0.1, -0.05) is 6.92 Å². The van der Waals surface area contributed by atoms with E-state index >= 15 is 0 Å². The topological polar surface area (TPSA) is 41.6 Å². The first-order valence-electron chi connectivity index (χ1n) is 6.85. The molecular weight excluding hydrogens is 228 g/mol. The monoisotopic (exact) mass is 250 g/mol. The van der Waals surface area contributed by atoms with Gasteiger partial charge in [0.2, 0.25) is 0 Å². The molecular formula is C14H22N2O2. The summed E-state index contributed by atoms with van der Waals surface area (Å²) in [5.74, 6) is 3.90. The van der Waals surface area contributed by atoms with Gasteiger partial charge >= 0.3 is 6.09 Å². The Morgan fingerprint density at radius 3 is 3.06 bits per heavy atom. The van der Waals surface area contributed by atoms with E-state index in [-0.39, 0.29) is 6.09 Å². The number of piperidine rings is 3. The largest absolute Gasteiger partial charge is 0.448 e. The smallest absolute Gasteiger partial charge is 0.407 e. The van der Waals surface area contributed by atoms with E-state index in [1.165, 1.54) is 6.42 Å². The lowest BCUT2D eigenvalue weighted by Crippen LogP contribution is -2.54. The molecule has 0 aliphatic carbocycles. The van der Waals surface area contributed by atoms with Crippen LogP contribution in [-0.2, 0) is 4.74 Å². The van der Waals surface area contributed by atoms with E-state index in [1.807, 2.05) is 6.92 Å². The summed E-state index contributed by atoms with van der Waals surface area (Å²) in [6, 6.07) is 0.362. The summed E-state index contributed by atoms with van der Waals surface area (Å²) in [6.45, 7) is 5.24. The molecule has 3 aliphatic heterocycles. The first kappa shape index (κ1) is 13.2. The minimum atomic E-state index is -0.298. The Morgan fingerprint density at radius 1 is 1.61 bits per heavy atom. The average molecular weight is 250 g/mol. The van der Waals surface area contributed by atoms with Crippen LogP contribution in [0, 0.1) is 24.2 Å². The molecule has 0 radical (unpaired) electrons. The van der Waals surface area contributed by atoms with Crippen LogP contribution < -0.4 is 5.32 Å². The maximum atomic E-state index is 11.4. The van der Waals surface area contributed by atoms with E-state index in [9.17, 15) is 4.79 Å². The Hall–Kier alpha value is -1.21. The van der Waals surface area contributed by atoms with E-state index in [4.69, 9.17) is 11.2 Å². The summed E-state index contributed by atoms with van der Waals surface area (Å²) >= 11 is 0. The van der Waals surface area contributed by atoms with Crippen molar-refractivity contribution in [1.29, 1.82) is 0 Å². The number of carbonyl (C=O) groups is 1. The maximum Gasteiger partial charge on any atom is 0.407 e. The Labute approximate surface area is 109 Å². The van der Waals surface area contributed by atoms with Crippen molar-refractivity contribution in [1.82, 2.24) is 10.2 Å². The third-order valence-corrected chi connectivity index (χ3v) is 4.02. The number of carbonyl (C=O) groups excluding carboxylic acids is 1. The number of terminal acetylenes is 1. The van der Waals surface area contributed by atoms with Crippen LogP contribution in [0.3, 0.4) is 0 Å². The van der Waals surface area contributed by atoms with Crippen molar-refractivity contribution in [3.63, 3.8) is 0 Å². The zero-order valence-electron chi connectivity index (χ0n) is 11.0. The second-order valence-electron chi connectivity index (χ2n) is 5.23. The number of alkyl carbamates (subject to hydrolysis) is 1. The zero-order valence-corrected chi connectivity index (χ0v) is 11.0. The highest BCUT2D eigenvalue weighted by atomic mass is 16.5. The average Bonchev–Trinajstić information content (AvgIpc) is 2.43. The van der Waals surface area contributed by atoms with Gasteiger partial charge in [0.25, 0.3) is 0 Å². The lowest BCUT2D eigenvalue weighted by molar-refractivity contribution is -0.00847. The van der Waals surface area contributed by atoms with E-state index < -0.39 is 0 Å². The van der Waals surface area contributed by atoms with Gasteiger partial charge in [-0.05, 0) is 31.7 Å². The van der Waals surface area contributed by atoms with Crippen molar-refractivity contribution in [3.8, 4) is 12.3 Å². The van der Waals surface area contributed by atoms with Crippen LogP contribution in [0.25, 0.3) is 0 Å². The van der Waals surface area contributed by atoms with Crippen molar-refractivity contribution in [2.75, 3.05) is 26.2 Å². The molecule has 4 nitrogen and oxygen atoms in total. The van der Waals surface area contributed by atoms with Crippen LogP contribution in [0.1, 0.15) is 26.2 Å². The number of ether oxygens (including phenoxy) is 1. The third kappa shape index (κ3) is 2.97. The standard InChI is InChI=1S/C14H22N2O2/c1-3-6-15-14(17)18-10-13-8-12-5-7-16(13)9-11(12)4-2/h2,11-13H,3,5-10H2,1H3,(H,15,17)/t11-,12+,13+/m0/s1. The molecule has 4 atom stereocenters. The number of nitrogens with zero attached hydrogens (tertiary/aromatic N) is 1. The van der Waals surface area contributed by atoms with Crippen molar-refractivity contribution in [2.24, 2.45) is 11.8 Å². The van der Waals surface area contributed by atoms with Gasteiger partial charge < -0.3 is 10.1 Å². The minimum absolute atomic E-state index is 0.298. The quantitative estimate of drug-likeness (QED) is 0.768. The number of rotatable bonds is 4. The molecule has 0 aromatic rings. The molecule has 0 aromatic heterocycles. The predicted molar refractivity (Wildman–Crippen MR) is 70.0 cm³/mol. The number of hydrogen-bond acceptors (Lipinski definition) is 3. The van der Waals surface area contributed by atoms with Gasteiger partial charge in [0, 0.05) is 25.0 Å². The molecule has 1 unspecified atom stereocenters. The first-order chi connectivity index (χ1) is 8.74. The molecule has 0 spiro atoms. The van der Waals surface area contributed by atoms with Crippen LogP contribution in [-0.4, -0.2) is 43.3 Å². The second-order valence-corrected chi connectivity index (χ2v) is 5.23. The van der Waals surface area contributed by atoms with Crippen molar-refractivity contribution in [2.45, 2.75) is 32.2 Å². The Kier molecular flexibility index (Phi) is 4.48. The molecule has 2 bridgehead atoms. The van der Waals surface area contributed by atoms with Gasteiger partial charge in [-0.2, -0.15) is 0 Å². The van der Waals surface area contributed by atoms with Gasteiger partial charge in [0.15, 0.2) is 0 Å². The molecule has 4 heteroatoms. The lowest BCUT2D eigenvalue weighted by atomic mass is 9.76. The van der Waals surface area contributed by atoms with Crippen LogP contribution in [0.15, 0.2) is 0 Å². The molecule has 3 heterocycles. The van der Waals surface area contributed by atoms with E-state index in [0.717, 1.165) is 25.9 Å². The highest BCUT2D eigenvalue weighted by molar-refractivity contribution is 5.67. The number of fused-ring (bicyclic) bond motifs is 3. The van der Waals surface area contributed by atoms with Gasteiger partial charge in [0.05, 0.1) is 0 Å². The fourth-order valence-electron chi connectivity index (χ4n) is 2.95. The van der Waals surface area contributed by atoms with Crippen LogP contribution in [0.4, 0.5) is 4.79 Å². The zero-order chi connectivity index (χ0) is 13.0. The SMILES string of the molecule is C#C[C@H]1CN2CC[C@@H]1C[C@@H]2COC(=O)NCCC. The van der Waals surface area contributed by atoms with Crippen LogP contribution in [0.2, 0.25) is 0 Å². The lowest BCUT2D eigenvalue weighted by Gasteiger charge is -2.48. The van der Waals surface area contributed by atoms with E-state index in [2.05, 4.69) is 16.1 Å². The molecule has 3 rings (SSSR count). The van der Waals surface area contributed by atoms with Crippen LogP contribution >= 0.6 is 0 Å². The van der Waals surface area contributed by atoms with Gasteiger partial charge in [-0.3, -0.25) is 4.90 Å². The fraction of sp³-hybridized carbons (Fsp3) is 0.786. The molecule has 3 saturated heterocycles. The number of hydrogen-bond donors (Lipinski definition) is 1. The molecule has 100 valence electrons. The molecule has 0 saturated carbocycles. The summed E-state index contributed by atoms with van der Waals surface area (Å²) in [5, 5.41) is 2.72. The molecule has 18 heavy (non-hydrogen) atoms. The normalized spacial score (nSPS) is 33.8. The molecule has 1 N–H and O–H groups in total. The van der Waals surface area contributed by atoms with Gasteiger partial charge in [-0.25, -0.2) is 4.79 Å². The summed E-state index contributed by atoms with van der Waals surface area (Å²) in [7, 11) is 0. The first-order valence-corrected chi connectivity index (χ1v) is 6.85. The number of nitrogens with one attached hydrogen (secondary N) is 1. The molecule has 3 fully saturated rings. The summed E-state index contributed by atoms with van der Waals surface area (Å²) in [4.78, 5) is 13.8. The highest BCUT2D eigenvalue weighted by Crippen LogP contribution is 2.35. The molecule has 1 amide bonds. The predicted octanol–water partition coefficient (Wildman–Crippen LogP) is 1.47. The molecule has 0 aromatic carbocycles. The minimum Gasteiger partial charge on any atom is -0.448 e. The van der Waals surface area contributed by atoms with Crippen molar-refractivity contribution >= 4 is 6.09 Å². The molecule has 3 aliphatic rings. The van der Waals surface area contributed by atoms with Gasteiger partial charge in [0.1, 0.15) is 6.61 Å². The summed E-state index contributed by atoms with van der Waals surface area (Å²) < 4.78 is 5.26. The third-order valence-electron chi connectivity index (χ3n) is 4.02. The van der Waals surface area contributed by atoms with E-state index in [0.29, 0.717) is 31.0 Å². The van der Waals surface area contributed by atoms with Crippen molar-refractivity contribution in [3.05, 3.63) is 0 Å². The maximum absolute atomic E-state index is 11.4. The number of amides is 1. The highest BCUT2D eigenvalue weighted by Gasteiger charge is 2.39. The van der Waals surface area contributed by atoms with E-state index in [1.54, 1.807) is 0 Å². The Morgan fingerprint density at radius 2 is 2.44 bits per heavy atom. The Balaban J connectivity index is 1.75. The fourth-order valence-corrected chi connectivity index (χ4v) is 2.95. The Bertz CT molecular complexity index is 337. The van der Waals surface area contributed by atoms with Crippen LogP contribution in [0.5, 0.6) is 0 Å². The van der Waals surface area contributed by atoms with Crippen molar-refractivity contribution < 1.29 is 9.53 Å².